The molecule has 1 aliphatic heterocycles. The molecule has 1 saturated heterocycles. The summed E-state index contributed by atoms with van der Waals surface area (Å²) in [6.07, 6.45) is 1.43. The Kier molecular flexibility index (Phi) is 4.70. The molecule has 0 bridgehead atoms. The Hall–Kier alpha value is -2.31. The van der Waals surface area contributed by atoms with Crippen molar-refractivity contribution in [1.29, 1.82) is 0 Å². The van der Waals surface area contributed by atoms with Gasteiger partial charge in [-0.1, -0.05) is 35.9 Å². The highest BCUT2D eigenvalue weighted by Gasteiger charge is 2.37. The van der Waals surface area contributed by atoms with Crippen molar-refractivity contribution in [2.24, 2.45) is 0 Å². The molecule has 2 heterocycles. The smallest absolute Gasteiger partial charge is 0.305 e. The summed E-state index contributed by atoms with van der Waals surface area (Å²) in [4.78, 5) is 14.8. The molecule has 1 aromatic heterocycles. The van der Waals surface area contributed by atoms with Gasteiger partial charge in [0.25, 0.3) is 5.69 Å². The lowest BCUT2D eigenvalue weighted by Crippen LogP contribution is -2.20. The third-order valence-electron chi connectivity index (χ3n) is 4.32. The van der Waals surface area contributed by atoms with Crippen molar-refractivity contribution in [3.05, 3.63) is 75.4 Å². The van der Waals surface area contributed by atoms with Gasteiger partial charge < -0.3 is 4.52 Å². The normalized spacial score (nSPS) is 22.6. The Morgan fingerprint density at radius 2 is 2.04 bits per heavy atom. The number of rotatable bonds is 3. The van der Waals surface area contributed by atoms with Gasteiger partial charge in [-0.3, -0.25) is 19.2 Å². The second-order valence-corrected chi connectivity index (χ2v) is 8.48. The van der Waals surface area contributed by atoms with Crippen LogP contribution in [0.2, 0.25) is 5.02 Å². The van der Waals surface area contributed by atoms with E-state index in [0.717, 1.165) is 5.56 Å². The minimum absolute atomic E-state index is 0.111. The third-order valence-corrected chi connectivity index (χ3v) is 6.48. The molecule has 2 atom stereocenters. The van der Waals surface area contributed by atoms with Gasteiger partial charge in [-0.25, -0.2) is 4.98 Å². The molecule has 9 heteroatoms. The van der Waals surface area contributed by atoms with Crippen LogP contribution in [0, 0.1) is 10.1 Å². The van der Waals surface area contributed by atoms with Gasteiger partial charge in [-0.2, -0.15) is 0 Å². The van der Waals surface area contributed by atoms with Crippen molar-refractivity contribution in [1.82, 2.24) is 4.98 Å². The molecule has 0 saturated carbocycles. The molecule has 0 spiro atoms. The quantitative estimate of drug-likeness (QED) is 0.354. The Bertz CT molecular complexity index is 1090. The molecule has 7 nitrogen and oxygen atoms in total. The molecule has 1 fully saturated rings. The predicted molar refractivity (Wildman–Crippen MR) is 101 cm³/mol. The average Bonchev–Trinajstić information content (AvgIpc) is 2.67. The summed E-state index contributed by atoms with van der Waals surface area (Å²) in [5, 5.41) is 12.5. The molecule has 0 aliphatic carbocycles. The number of benzene rings is 2. The zero-order chi connectivity index (χ0) is 19.0. The number of non-ortho nitro benzene ring substituents is 1. The second-order valence-electron chi connectivity index (χ2n) is 6.07. The van der Waals surface area contributed by atoms with Gasteiger partial charge in [0.05, 0.1) is 22.9 Å². The lowest BCUT2D eigenvalue weighted by atomic mass is 10.1. The van der Waals surface area contributed by atoms with E-state index in [1.807, 2.05) is 6.07 Å². The van der Waals surface area contributed by atoms with E-state index in [1.165, 1.54) is 12.3 Å². The largest absolute Gasteiger partial charge is 0.363 e. The zero-order valence-corrected chi connectivity index (χ0v) is 15.6. The first kappa shape index (κ1) is 18.1. The molecule has 27 heavy (non-hydrogen) atoms. The summed E-state index contributed by atoms with van der Waals surface area (Å²) in [7, 11) is -3.62. The van der Waals surface area contributed by atoms with Crippen molar-refractivity contribution in [2.75, 3.05) is 6.61 Å². The van der Waals surface area contributed by atoms with Crippen molar-refractivity contribution in [3.63, 3.8) is 0 Å². The fourth-order valence-corrected chi connectivity index (χ4v) is 4.97. The minimum atomic E-state index is -3.62. The number of halogens is 1. The van der Waals surface area contributed by atoms with E-state index in [1.54, 1.807) is 36.4 Å². The number of nitro benzene ring substituents is 1. The second kappa shape index (κ2) is 7.02. The van der Waals surface area contributed by atoms with Crippen molar-refractivity contribution in [2.45, 2.75) is 12.5 Å². The summed E-state index contributed by atoms with van der Waals surface area (Å²) in [6.45, 7) is 0.251. The van der Waals surface area contributed by atoms with Crippen LogP contribution in [-0.2, 0) is 13.6 Å². The number of para-hydroxylation sites is 1. The van der Waals surface area contributed by atoms with Gasteiger partial charge in [0.15, 0.2) is 0 Å². The molecule has 138 valence electrons. The van der Waals surface area contributed by atoms with E-state index in [2.05, 4.69) is 4.98 Å². The number of nitro groups is 1. The van der Waals surface area contributed by atoms with Crippen LogP contribution >= 0.6 is 19.2 Å². The van der Waals surface area contributed by atoms with Crippen molar-refractivity contribution in [3.8, 4) is 0 Å². The predicted octanol–water partition coefficient (Wildman–Crippen LogP) is 4.79. The van der Waals surface area contributed by atoms with Crippen LogP contribution < -0.4 is 5.30 Å². The molecule has 4 rings (SSSR count). The highest BCUT2D eigenvalue weighted by molar-refractivity contribution is 7.62. The third kappa shape index (κ3) is 3.47. The summed E-state index contributed by atoms with van der Waals surface area (Å²) in [5.41, 5.74) is 0.927. The van der Waals surface area contributed by atoms with Gasteiger partial charge in [-0.15, -0.1) is 0 Å². The Morgan fingerprint density at radius 1 is 1.22 bits per heavy atom. The maximum atomic E-state index is 13.3. The maximum Gasteiger partial charge on any atom is 0.363 e. The number of pyridine rings is 1. The number of hydrogen-bond acceptors (Lipinski definition) is 6. The fraction of sp³-hybridized carbons (Fsp3) is 0.167. The minimum Gasteiger partial charge on any atom is -0.305 e. The van der Waals surface area contributed by atoms with E-state index in [9.17, 15) is 14.7 Å². The first-order chi connectivity index (χ1) is 13.0. The maximum absolute atomic E-state index is 13.3. The first-order valence-electron chi connectivity index (χ1n) is 8.18. The van der Waals surface area contributed by atoms with Gasteiger partial charge in [0, 0.05) is 29.1 Å². The van der Waals surface area contributed by atoms with Crippen LogP contribution in [0.15, 0.2) is 54.7 Å². The molecule has 0 radical (unpaired) electrons. The van der Waals surface area contributed by atoms with E-state index in [0.29, 0.717) is 16.8 Å². The monoisotopic (exact) mass is 404 g/mol. The van der Waals surface area contributed by atoms with Gasteiger partial charge in [0.1, 0.15) is 5.52 Å². The first-order valence-corrected chi connectivity index (χ1v) is 10.1. The number of hydrogen-bond donors (Lipinski definition) is 0. The van der Waals surface area contributed by atoms with Crippen LogP contribution in [0.5, 0.6) is 0 Å². The molecule has 1 aliphatic rings. The number of aromatic nitrogens is 1. The van der Waals surface area contributed by atoms with E-state index in [-0.39, 0.29) is 23.1 Å². The van der Waals surface area contributed by atoms with Crippen LogP contribution in [-0.4, -0.2) is 16.5 Å². The van der Waals surface area contributed by atoms with Crippen molar-refractivity contribution >= 4 is 41.1 Å². The highest BCUT2D eigenvalue weighted by Crippen LogP contribution is 2.55. The molecule has 0 amide bonds. The highest BCUT2D eigenvalue weighted by atomic mass is 35.5. The Morgan fingerprint density at radius 3 is 2.81 bits per heavy atom. The Labute approximate surface area is 159 Å². The standard InChI is InChI=1S/C18H14ClN2O5P/c19-14-5-1-3-12(9-14)17-7-8-25-27(24,26-17)15-10-13-4-2-6-16(21(22)23)18(13)20-11-15/h1-6,9-11,17H,7-8H2/t17-,27?/m0/s1. The molecule has 1 unspecified atom stereocenters. The van der Waals surface area contributed by atoms with Crippen LogP contribution in [0.25, 0.3) is 10.9 Å². The van der Waals surface area contributed by atoms with E-state index in [4.69, 9.17) is 20.6 Å². The molecule has 3 aromatic rings. The lowest BCUT2D eigenvalue weighted by molar-refractivity contribution is -0.383. The fourth-order valence-electron chi connectivity index (χ4n) is 3.03. The summed E-state index contributed by atoms with van der Waals surface area (Å²) in [5.74, 6) is 0. The number of fused-ring (bicyclic) bond motifs is 1. The van der Waals surface area contributed by atoms with E-state index >= 15 is 0 Å². The Balaban J connectivity index is 1.71. The lowest BCUT2D eigenvalue weighted by Gasteiger charge is -2.30. The van der Waals surface area contributed by atoms with Gasteiger partial charge in [-0.05, 0) is 23.8 Å². The summed E-state index contributed by atoms with van der Waals surface area (Å²) < 4.78 is 24.6. The van der Waals surface area contributed by atoms with Gasteiger partial charge in [0.2, 0.25) is 0 Å². The van der Waals surface area contributed by atoms with Gasteiger partial charge >= 0.3 is 7.60 Å². The van der Waals surface area contributed by atoms with Crippen LogP contribution in [0.3, 0.4) is 0 Å². The zero-order valence-electron chi connectivity index (χ0n) is 13.9. The van der Waals surface area contributed by atoms with Crippen LogP contribution in [0.1, 0.15) is 18.1 Å². The average molecular weight is 405 g/mol. The molecular formula is C18H14ClN2O5P. The molecule has 0 N–H and O–H groups in total. The van der Waals surface area contributed by atoms with Crippen molar-refractivity contribution < 1.29 is 18.5 Å². The number of nitrogens with zero attached hydrogens (tertiary/aromatic N) is 2. The topological polar surface area (TPSA) is 91.6 Å². The summed E-state index contributed by atoms with van der Waals surface area (Å²) in [6, 6.07) is 13.3. The van der Waals surface area contributed by atoms with Crippen LogP contribution in [0.4, 0.5) is 5.69 Å². The summed E-state index contributed by atoms with van der Waals surface area (Å²) >= 11 is 6.04. The molecular weight excluding hydrogens is 391 g/mol. The van der Waals surface area contributed by atoms with E-state index < -0.39 is 18.6 Å². The SMILES string of the molecule is O=[N+]([O-])c1cccc2cc(P3(=O)OCC[C@@H](c4cccc(Cl)c4)O3)cnc12. The molecule has 2 aromatic carbocycles.